The molecule has 1 heterocycles. The smallest absolute Gasteiger partial charge is 0.138 e. The third kappa shape index (κ3) is 7.10. The highest BCUT2D eigenvalue weighted by Gasteiger charge is 2.39. The van der Waals surface area contributed by atoms with Gasteiger partial charge in [0.05, 0.1) is 5.69 Å². The fourth-order valence-corrected chi connectivity index (χ4v) is 12.3. The van der Waals surface area contributed by atoms with Crippen LogP contribution in [0.3, 0.4) is 0 Å². The minimum absolute atomic E-state index is 0.126. The van der Waals surface area contributed by atoms with Crippen molar-refractivity contribution >= 4 is 39.2 Å². The minimum atomic E-state index is -0.126. The van der Waals surface area contributed by atoms with Crippen LogP contribution in [-0.4, -0.2) is 0 Å². The number of hydrogen-bond donors (Lipinski definition) is 0. The molecule has 0 bridgehead atoms. The first kappa shape index (κ1) is 44.1. The lowest BCUT2D eigenvalue weighted by Gasteiger charge is -2.29. The second-order valence-electron chi connectivity index (χ2n) is 20.5. The van der Waals surface area contributed by atoms with Gasteiger partial charge < -0.3 is 14.5 Å². The molecule has 10 aromatic rings. The number of ether oxygens (including phenoxy) is 1. The molecule has 0 spiro atoms. The van der Waals surface area contributed by atoms with E-state index in [9.17, 15) is 0 Å². The molecule has 0 N–H and O–H groups in total. The van der Waals surface area contributed by atoms with Crippen molar-refractivity contribution in [1.29, 1.82) is 0 Å². The van der Waals surface area contributed by atoms with Gasteiger partial charge >= 0.3 is 0 Å². The van der Waals surface area contributed by atoms with E-state index in [-0.39, 0.29) is 10.8 Å². The van der Waals surface area contributed by atoms with E-state index in [0.29, 0.717) is 0 Å². The van der Waals surface area contributed by atoms with Gasteiger partial charge in [0.2, 0.25) is 0 Å². The Labute approximate surface area is 428 Å². The third-order valence-electron chi connectivity index (χ3n) is 15.6. The van der Waals surface area contributed by atoms with E-state index in [4.69, 9.17) is 4.74 Å². The highest BCUT2D eigenvalue weighted by atomic mass is 16.5. The Bertz CT molecular complexity index is 3740. The normalized spacial score (nSPS) is 14.0. The molecular formula is C70H54N2O. The highest BCUT2D eigenvalue weighted by Crippen LogP contribution is 2.55. The molecule has 3 heteroatoms. The van der Waals surface area contributed by atoms with Crippen molar-refractivity contribution in [2.75, 3.05) is 9.80 Å². The third-order valence-corrected chi connectivity index (χ3v) is 15.6. The number of allylic oxidation sites excluding steroid dienone is 4. The summed E-state index contributed by atoms with van der Waals surface area (Å²) in [6, 6.07) is 77.8. The zero-order valence-corrected chi connectivity index (χ0v) is 41.6. The number of anilines is 5. The maximum atomic E-state index is 7.01. The number of nitrogens with zero attached hydrogens (tertiary/aromatic N) is 2. The van der Waals surface area contributed by atoms with Gasteiger partial charge in [0.25, 0.3) is 0 Å². The lowest BCUT2D eigenvalue weighted by molar-refractivity contribution is 0.487. The molecule has 73 heavy (non-hydrogen) atoms. The minimum Gasteiger partial charge on any atom is -0.456 e. The average Bonchev–Trinajstić information content (AvgIpc) is 3.82. The van der Waals surface area contributed by atoms with Crippen molar-refractivity contribution in [3.05, 3.63) is 272 Å². The largest absolute Gasteiger partial charge is 0.456 e. The molecule has 2 aliphatic carbocycles. The van der Waals surface area contributed by atoms with E-state index in [1.807, 2.05) is 24.3 Å². The SMILES string of the molecule is C=C/C=C\C=C\N(c1ccccc1)c1ccc2c(c1)-c1cccc3cc(N(c4ccc(-c5cccc6c5C(C)(C)c5ccccc5-6)cc4)c4ccc(-c5cccc6c5C(C)(C)c5ccccc5-6)cc4)cc(c13)O2. The van der Waals surface area contributed by atoms with Crippen LogP contribution in [0.1, 0.15) is 49.9 Å². The predicted molar refractivity (Wildman–Crippen MR) is 307 cm³/mol. The van der Waals surface area contributed by atoms with Crippen LogP contribution in [0.4, 0.5) is 28.4 Å². The summed E-state index contributed by atoms with van der Waals surface area (Å²) < 4.78 is 7.01. The number of benzene rings is 10. The number of hydrogen-bond acceptors (Lipinski definition) is 3. The lowest BCUT2D eigenvalue weighted by Crippen LogP contribution is -2.16. The van der Waals surface area contributed by atoms with Crippen LogP contribution in [0.15, 0.2) is 249 Å². The van der Waals surface area contributed by atoms with Crippen molar-refractivity contribution in [2.24, 2.45) is 0 Å². The van der Waals surface area contributed by atoms with E-state index in [1.54, 1.807) is 6.08 Å². The Hall–Kier alpha value is -8.92. The summed E-state index contributed by atoms with van der Waals surface area (Å²) in [5.41, 5.74) is 23.0. The first-order chi connectivity index (χ1) is 35.7. The molecule has 0 unspecified atom stereocenters. The van der Waals surface area contributed by atoms with Gasteiger partial charge in [-0.15, -0.1) is 0 Å². The Kier molecular flexibility index (Phi) is 10.3. The Morgan fingerprint density at radius 1 is 0.384 bits per heavy atom. The molecule has 0 aromatic heterocycles. The molecule has 0 saturated heterocycles. The van der Waals surface area contributed by atoms with Crippen molar-refractivity contribution in [1.82, 2.24) is 0 Å². The maximum absolute atomic E-state index is 7.01. The van der Waals surface area contributed by atoms with Crippen LogP contribution in [-0.2, 0) is 10.8 Å². The van der Waals surface area contributed by atoms with E-state index < -0.39 is 0 Å². The number of rotatable bonds is 10. The van der Waals surface area contributed by atoms with Crippen LogP contribution >= 0.6 is 0 Å². The topological polar surface area (TPSA) is 15.7 Å². The summed E-state index contributed by atoms with van der Waals surface area (Å²) in [4.78, 5) is 4.59. The van der Waals surface area contributed by atoms with Gasteiger partial charge in [-0.25, -0.2) is 0 Å². The van der Waals surface area contributed by atoms with Crippen LogP contribution in [0.2, 0.25) is 0 Å². The molecule has 0 radical (unpaired) electrons. The van der Waals surface area contributed by atoms with E-state index >= 15 is 0 Å². The molecular weight excluding hydrogens is 885 g/mol. The van der Waals surface area contributed by atoms with Crippen molar-refractivity contribution in [3.8, 4) is 67.1 Å². The van der Waals surface area contributed by atoms with Gasteiger partial charge in [0.1, 0.15) is 11.5 Å². The van der Waals surface area contributed by atoms with Gasteiger partial charge in [-0.05, 0) is 144 Å². The molecule has 1 aliphatic heterocycles. The fourth-order valence-electron chi connectivity index (χ4n) is 12.3. The molecule has 10 aromatic carbocycles. The Morgan fingerprint density at radius 2 is 0.904 bits per heavy atom. The zero-order chi connectivity index (χ0) is 49.4. The van der Waals surface area contributed by atoms with E-state index in [0.717, 1.165) is 61.8 Å². The van der Waals surface area contributed by atoms with E-state index in [2.05, 4.69) is 257 Å². The summed E-state index contributed by atoms with van der Waals surface area (Å²) in [6.07, 6.45) is 9.84. The van der Waals surface area contributed by atoms with Gasteiger partial charge in [0.15, 0.2) is 0 Å². The molecule has 13 rings (SSSR count). The summed E-state index contributed by atoms with van der Waals surface area (Å²) >= 11 is 0. The van der Waals surface area contributed by atoms with Crippen molar-refractivity contribution in [3.63, 3.8) is 0 Å². The predicted octanol–water partition coefficient (Wildman–Crippen LogP) is 19.4. The summed E-state index contributed by atoms with van der Waals surface area (Å²) in [5.74, 6) is 1.66. The molecule has 0 saturated carbocycles. The number of fused-ring (bicyclic) bond motifs is 8. The van der Waals surface area contributed by atoms with Gasteiger partial charge in [-0.3, -0.25) is 0 Å². The second-order valence-corrected chi connectivity index (χ2v) is 20.5. The standard InChI is InChI=1S/C70H54N2O/c1-6-7-8-16-42-71(49-21-10-9-11-22-49)52-40-41-64-61(44-52)58-27-17-20-48-43-53(45-65(73-64)66(48)58)72(50-36-32-46(33-37-50)54-25-18-28-59-56-23-12-14-30-62(56)69(2,3)67(54)59)51-38-34-47(35-39-51)55-26-19-29-60-57-24-13-15-31-63(57)70(4,5)68(55)60/h6-45H,1H2,2-5H3/b8-7-,42-16+. The average molecular weight is 939 g/mol. The van der Waals surface area contributed by atoms with Crippen LogP contribution in [0.25, 0.3) is 66.4 Å². The summed E-state index contributed by atoms with van der Waals surface area (Å²) in [6.45, 7) is 13.3. The van der Waals surface area contributed by atoms with Gasteiger partial charge in [-0.2, -0.15) is 0 Å². The van der Waals surface area contributed by atoms with Gasteiger partial charge in [-0.1, -0.05) is 198 Å². The first-order valence-electron chi connectivity index (χ1n) is 25.4. The maximum Gasteiger partial charge on any atom is 0.138 e. The summed E-state index contributed by atoms with van der Waals surface area (Å²) in [7, 11) is 0. The molecule has 0 fully saturated rings. The lowest BCUT2D eigenvalue weighted by atomic mass is 9.79. The fraction of sp³-hybridized carbons (Fsp3) is 0.0857. The first-order valence-corrected chi connectivity index (χ1v) is 25.4. The van der Waals surface area contributed by atoms with Crippen LogP contribution in [0, 0.1) is 0 Å². The quantitative estimate of drug-likeness (QED) is 0.127. The Balaban J connectivity index is 0.926. The molecule has 3 aliphatic rings. The molecule has 350 valence electrons. The second kappa shape index (κ2) is 17.1. The zero-order valence-electron chi connectivity index (χ0n) is 41.6. The molecule has 0 atom stereocenters. The summed E-state index contributed by atoms with van der Waals surface area (Å²) in [5, 5.41) is 2.21. The van der Waals surface area contributed by atoms with Crippen molar-refractivity contribution in [2.45, 2.75) is 38.5 Å². The highest BCUT2D eigenvalue weighted by molar-refractivity contribution is 6.07. The van der Waals surface area contributed by atoms with Crippen LogP contribution in [0.5, 0.6) is 11.5 Å². The molecule has 0 amide bonds. The monoisotopic (exact) mass is 938 g/mol. The van der Waals surface area contributed by atoms with E-state index in [1.165, 1.54) is 66.8 Å². The van der Waals surface area contributed by atoms with Crippen LogP contribution < -0.4 is 14.5 Å². The number of para-hydroxylation sites is 1. The Morgan fingerprint density at radius 3 is 1.51 bits per heavy atom. The van der Waals surface area contributed by atoms with Crippen molar-refractivity contribution < 1.29 is 4.74 Å². The molecule has 3 nitrogen and oxygen atoms in total. The van der Waals surface area contributed by atoms with Gasteiger partial charge in [0, 0.05) is 56.8 Å².